The molecule has 1 amide bonds. The van der Waals surface area contributed by atoms with Gasteiger partial charge in [-0.3, -0.25) is 4.79 Å². The molecule has 1 aliphatic carbocycles. The summed E-state index contributed by atoms with van der Waals surface area (Å²) in [5.41, 5.74) is 7.63. The van der Waals surface area contributed by atoms with E-state index in [-0.39, 0.29) is 12.6 Å². The van der Waals surface area contributed by atoms with Crippen molar-refractivity contribution in [3.8, 4) is 5.75 Å². The van der Waals surface area contributed by atoms with Gasteiger partial charge in [-0.1, -0.05) is 35.9 Å². The summed E-state index contributed by atoms with van der Waals surface area (Å²) in [6.07, 6.45) is 3.45. The Hall–Kier alpha value is -2.04. The molecule has 138 valence electrons. The first-order chi connectivity index (χ1) is 12.5. The lowest BCUT2D eigenvalue weighted by molar-refractivity contribution is -0.119. The molecule has 26 heavy (non-hydrogen) atoms. The predicted octanol–water partition coefficient (Wildman–Crippen LogP) is 4.19. The zero-order valence-electron chi connectivity index (χ0n) is 15.0. The molecule has 0 aromatic heterocycles. The molecular formula is C21H25ClN2O2. The number of benzene rings is 2. The van der Waals surface area contributed by atoms with E-state index in [1.807, 2.05) is 30.3 Å². The highest BCUT2D eigenvalue weighted by molar-refractivity contribution is 6.30. The first-order valence-electron chi connectivity index (χ1n) is 9.04. The van der Waals surface area contributed by atoms with Crippen molar-refractivity contribution in [1.82, 2.24) is 5.32 Å². The summed E-state index contributed by atoms with van der Waals surface area (Å²) in [7, 11) is 0. The second-order valence-electron chi connectivity index (χ2n) is 6.97. The lowest BCUT2D eigenvalue weighted by Gasteiger charge is -2.20. The summed E-state index contributed by atoms with van der Waals surface area (Å²) in [5.74, 6) is 0.756. The summed E-state index contributed by atoms with van der Waals surface area (Å²) < 4.78 is 5.32. The highest BCUT2D eigenvalue weighted by Gasteiger charge is 2.27. The molecule has 1 saturated carbocycles. The Morgan fingerprint density at radius 2 is 2.04 bits per heavy atom. The quantitative estimate of drug-likeness (QED) is 0.765. The van der Waals surface area contributed by atoms with E-state index in [2.05, 4.69) is 30.4 Å². The van der Waals surface area contributed by atoms with Crippen molar-refractivity contribution in [2.24, 2.45) is 5.73 Å². The van der Waals surface area contributed by atoms with Gasteiger partial charge in [0.15, 0.2) is 6.61 Å². The molecule has 3 rings (SSSR count). The van der Waals surface area contributed by atoms with Crippen molar-refractivity contribution in [3.05, 3.63) is 64.7 Å². The molecule has 0 heterocycles. The maximum absolute atomic E-state index is 10.8. The molecule has 0 spiro atoms. The van der Waals surface area contributed by atoms with Gasteiger partial charge in [-0.2, -0.15) is 0 Å². The normalized spacial score (nSPS) is 20.7. The molecule has 3 N–H and O–H groups in total. The highest BCUT2D eigenvalue weighted by atomic mass is 35.5. The fourth-order valence-corrected chi connectivity index (χ4v) is 3.85. The fourth-order valence-electron chi connectivity index (χ4n) is 3.65. The smallest absolute Gasteiger partial charge is 0.255 e. The zero-order chi connectivity index (χ0) is 18.5. The molecule has 3 atom stereocenters. The zero-order valence-corrected chi connectivity index (χ0v) is 15.7. The number of rotatable bonds is 7. The van der Waals surface area contributed by atoms with Crippen LogP contribution in [0.25, 0.3) is 0 Å². The van der Waals surface area contributed by atoms with Crippen molar-refractivity contribution in [2.75, 3.05) is 6.61 Å². The van der Waals surface area contributed by atoms with E-state index in [9.17, 15) is 4.79 Å². The van der Waals surface area contributed by atoms with Crippen LogP contribution in [0.2, 0.25) is 5.02 Å². The van der Waals surface area contributed by atoms with Gasteiger partial charge in [0.05, 0.1) is 0 Å². The van der Waals surface area contributed by atoms with Crippen molar-refractivity contribution in [3.63, 3.8) is 0 Å². The molecule has 0 aliphatic heterocycles. The van der Waals surface area contributed by atoms with E-state index in [1.165, 1.54) is 17.5 Å². The largest absolute Gasteiger partial charge is 0.484 e. The Morgan fingerprint density at radius 3 is 2.73 bits per heavy atom. The third-order valence-corrected chi connectivity index (χ3v) is 5.23. The molecule has 1 fully saturated rings. The summed E-state index contributed by atoms with van der Waals surface area (Å²) in [6.45, 7) is 2.10. The number of carbonyl (C=O) groups is 1. The second-order valence-corrected chi connectivity index (χ2v) is 7.41. The Morgan fingerprint density at radius 1 is 1.27 bits per heavy atom. The van der Waals surface area contributed by atoms with E-state index >= 15 is 0 Å². The van der Waals surface area contributed by atoms with E-state index in [0.29, 0.717) is 17.7 Å². The Balaban J connectivity index is 1.54. The maximum atomic E-state index is 10.8. The van der Waals surface area contributed by atoms with Crippen LogP contribution in [0.3, 0.4) is 0 Å². The van der Waals surface area contributed by atoms with E-state index < -0.39 is 5.91 Å². The molecule has 1 aliphatic rings. The number of nitrogens with two attached hydrogens (primary N) is 1. The summed E-state index contributed by atoms with van der Waals surface area (Å²) >= 11 is 6.10. The predicted molar refractivity (Wildman–Crippen MR) is 105 cm³/mol. The number of carbonyl (C=O) groups excluding carboxylic acids is 1. The average Bonchev–Trinajstić information content (AvgIpc) is 3.09. The van der Waals surface area contributed by atoms with E-state index in [1.54, 1.807) is 0 Å². The van der Waals surface area contributed by atoms with Crippen molar-refractivity contribution in [1.29, 1.82) is 0 Å². The van der Waals surface area contributed by atoms with Crippen LogP contribution in [0.1, 0.15) is 49.3 Å². The topological polar surface area (TPSA) is 64.3 Å². The molecule has 5 heteroatoms. The molecule has 1 unspecified atom stereocenters. The van der Waals surface area contributed by atoms with Gasteiger partial charge in [0.2, 0.25) is 0 Å². The third-order valence-electron chi connectivity index (χ3n) is 5.00. The minimum atomic E-state index is -0.465. The minimum absolute atomic E-state index is 0.0871. The second kappa shape index (κ2) is 8.56. The molecule has 0 saturated heterocycles. The molecule has 0 bridgehead atoms. The maximum Gasteiger partial charge on any atom is 0.255 e. The van der Waals surface area contributed by atoms with Gasteiger partial charge in [0.1, 0.15) is 5.75 Å². The molecule has 4 nitrogen and oxygen atoms in total. The van der Waals surface area contributed by atoms with Crippen LogP contribution in [0.15, 0.2) is 48.5 Å². The van der Waals surface area contributed by atoms with Crippen LogP contribution < -0.4 is 15.8 Å². The highest BCUT2D eigenvalue weighted by Crippen LogP contribution is 2.36. The number of halogens is 1. The standard InChI is InChI=1S/C21H25ClN2O2/c1-14(16-3-2-4-18(22)11-16)24-19-8-5-17(12-19)15-6-9-20(10-7-15)26-13-21(23)25/h2-4,6-7,9-11,14,17,19,24H,5,8,12-13H2,1H3,(H2,23,25)/t14-,17-,19?/m1/s1. The van der Waals surface area contributed by atoms with Gasteiger partial charge in [-0.05, 0) is 67.5 Å². The number of amides is 1. The summed E-state index contributed by atoms with van der Waals surface area (Å²) in [6, 6.07) is 16.8. The monoisotopic (exact) mass is 372 g/mol. The Labute approximate surface area is 159 Å². The van der Waals surface area contributed by atoms with Gasteiger partial charge in [-0.25, -0.2) is 0 Å². The van der Waals surface area contributed by atoms with Crippen molar-refractivity contribution >= 4 is 17.5 Å². The molecule has 2 aromatic carbocycles. The number of ether oxygens (including phenoxy) is 1. The van der Waals surface area contributed by atoms with Crippen LogP contribution in [-0.4, -0.2) is 18.6 Å². The van der Waals surface area contributed by atoms with E-state index in [0.717, 1.165) is 17.9 Å². The third kappa shape index (κ3) is 4.99. The van der Waals surface area contributed by atoms with Gasteiger partial charge >= 0.3 is 0 Å². The fraction of sp³-hybridized carbons (Fsp3) is 0.381. The van der Waals surface area contributed by atoms with E-state index in [4.69, 9.17) is 22.1 Å². The minimum Gasteiger partial charge on any atom is -0.484 e. The van der Waals surface area contributed by atoms with Crippen LogP contribution in [0.5, 0.6) is 5.75 Å². The molecule has 0 radical (unpaired) electrons. The number of hydrogen-bond donors (Lipinski definition) is 2. The van der Waals surface area contributed by atoms with Crippen molar-refractivity contribution in [2.45, 2.75) is 44.2 Å². The van der Waals surface area contributed by atoms with Gasteiger partial charge < -0.3 is 15.8 Å². The molecular weight excluding hydrogens is 348 g/mol. The van der Waals surface area contributed by atoms with Crippen LogP contribution in [0, 0.1) is 0 Å². The lowest BCUT2D eigenvalue weighted by Crippen LogP contribution is -2.29. The lowest BCUT2D eigenvalue weighted by atomic mass is 9.97. The summed E-state index contributed by atoms with van der Waals surface area (Å²) in [4.78, 5) is 10.8. The van der Waals surface area contributed by atoms with Gasteiger partial charge in [0.25, 0.3) is 5.91 Å². The van der Waals surface area contributed by atoms with Crippen LogP contribution in [-0.2, 0) is 4.79 Å². The number of hydrogen-bond acceptors (Lipinski definition) is 3. The first kappa shape index (κ1) is 18.7. The first-order valence-corrected chi connectivity index (χ1v) is 9.41. The van der Waals surface area contributed by atoms with Crippen molar-refractivity contribution < 1.29 is 9.53 Å². The van der Waals surface area contributed by atoms with Gasteiger partial charge in [0, 0.05) is 17.1 Å². The van der Waals surface area contributed by atoms with Crippen LogP contribution >= 0.6 is 11.6 Å². The Kier molecular flexibility index (Phi) is 6.17. The number of primary amides is 1. The number of nitrogens with one attached hydrogen (secondary N) is 1. The Bertz CT molecular complexity index is 748. The van der Waals surface area contributed by atoms with Gasteiger partial charge in [-0.15, -0.1) is 0 Å². The molecule has 2 aromatic rings. The SMILES string of the molecule is C[C@@H](NC1CC[C@@H](c2ccc(OCC(N)=O)cc2)C1)c1cccc(Cl)c1. The summed E-state index contributed by atoms with van der Waals surface area (Å²) in [5, 5.41) is 4.51. The average molecular weight is 373 g/mol. The van der Waals surface area contributed by atoms with Crippen LogP contribution in [0.4, 0.5) is 0 Å².